The Hall–Kier alpha value is -1.99. The minimum absolute atomic E-state index is 0.150. The quantitative estimate of drug-likeness (QED) is 0.889. The van der Waals surface area contributed by atoms with Gasteiger partial charge in [0.1, 0.15) is 10.0 Å². The molecule has 7 heteroatoms. The van der Waals surface area contributed by atoms with Crippen molar-refractivity contribution in [1.82, 2.24) is 10.3 Å². The van der Waals surface area contributed by atoms with Gasteiger partial charge in [-0.3, -0.25) is 4.79 Å². The van der Waals surface area contributed by atoms with E-state index in [1.807, 2.05) is 12.1 Å². The molecule has 1 N–H and O–H groups in total. The van der Waals surface area contributed by atoms with Crippen LogP contribution in [0, 0.1) is 0 Å². The maximum absolute atomic E-state index is 12.6. The van der Waals surface area contributed by atoms with Crippen LogP contribution in [0.5, 0.6) is 0 Å². The molecule has 1 aromatic carbocycles. The van der Waals surface area contributed by atoms with Gasteiger partial charge in [0.2, 0.25) is 0 Å². The first-order valence-electron chi connectivity index (χ1n) is 7.49. The molecule has 3 rings (SSSR count). The molecular weight excluding hydrogens is 344 g/mol. The van der Waals surface area contributed by atoms with Gasteiger partial charge in [0, 0.05) is 4.70 Å². The molecule has 0 amide bonds. The molecule has 1 atom stereocenters. The first-order valence-corrected chi connectivity index (χ1v) is 9.79. The maximum atomic E-state index is 12.6. The number of aromatic nitrogens is 1. The lowest BCUT2D eigenvalue weighted by atomic mass is 10.2. The van der Waals surface area contributed by atoms with E-state index in [0.717, 1.165) is 4.70 Å². The summed E-state index contributed by atoms with van der Waals surface area (Å²) in [5.74, 6) is 0. The number of allylic oxidation sites excluding steroid dienone is 2. The molecule has 0 spiro atoms. The maximum Gasteiger partial charge on any atom is 0.279 e. The van der Waals surface area contributed by atoms with Crippen LogP contribution < -0.4 is 10.9 Å². The van der Waals surface area contributed by atoms with Crippen molar-refractivity contribution < 1.29 is 8.42 Å². The lowest BCUT2D eigenvalue weighted by Crippen LogP contribution is -2.36. The van der Waals surface area contributed by atoms with Gasteiger partial charge in [0.05, 0.1) is 16.2 Å². The van der Waals surface area contributed by atoms with Crippen molar-refractivity contribution in [3.63, 3.8) is 0 Å². The number of nitrogens with zero attached hydrogens (tertiary/aromatic N) is 1. The van der Waals surface area contributed by atoms with Crippen molar-refractivity contribution in [2.24, 2.45) is 0 Å². The molecule has 0 radical (unpaired) electrons. The van der Waals surface area contributed by atoms with E-state index in [1.54, 1.807) is 51.1 Å². The third-order valence-corrected chi connectivity index (χ3v) is 7.33. The van der Waals surface area contributed by atoms with Crippen LogP contribution in [0.2, 0.25) is 0 Å². The monoisotopic (exact) mass is 362 g/mol. The normalized spacial score (nSPS) is 18.3. The van der Waals surface area contributed by atoms with Gasteiger partial charge in [-0.15, -0.1) is 11.3 Å². The average molecular weight is 362 g/mol. The minimum Gasteiger partial charge on any atom is -0.363 e. The summed E-state index contributed by atoms with van der Waals surface area (Å²) in [5, 5.41) is 4.27. The fourth-order valence-corrected chi connectivity index (χ4v) is 4.54. The zero-order valence-electron chi connectivity index (χ0n) is 13.6. The molecular formula is C17H18N2O3S2. The van der Waals surface area contributed by atoms with Gasteiger partial charge >= 0.3 is 0 Å². The summed E-state index contributed by atoms with van der Waals surface area (Å²) >= 11 is 1.38. The smallest absolute Gasteiger partial charge is 0.279 e. The van der Waals surface area contributed by atoms with Crippen LogP contribution in [0.15, 0.2) is 52.3 Å². The fraction of sp³-hybridized carbons (Fsp3) is 0.294. The zero-order chi connectivity index (χ0) is 17.5. The molecule has 2 aromatic rings. The van der Waals surface area contributed by atoms with Crippen molar-refractivity contribution >= 4 is 31.3 Å². The van der Waals surface area contributed by atoms with Crippen molar-refractivity contribution in [2.75, 3.05) is 0 Å². The summed E-state index contributed by atoms with van der Waals surface area (Å²) in [5.41, 5.74) is -0.302. The second kappa shape index (κ2) is 5.82. The second-order valence-electron chi connectivity index (χ2n) is 6.51. The second-order valence-corrected chi connectivity index (χ2v) is 10.2. The standard InChI is InChI=1S/C17H18N2O3S2/c1-17(2,3)24(21,22)14-10-6-8-12(18-14)16-19-15(20)11-7-4-5-9-13(11)23-16/h4-10,12,18H,1-3H3. The molecule has 5 nitrogen and oxygen atoms in total. The van der Waals surface area contributed by atoms with Crippen LogP contribution >= 0.6 is 11.3 Å². The largest absolute Gasteiger partial charge is 0.363 e. The molecule has 1 aromatic heterocycles. The van der Waals surface area contributed by atoms with Crippen LogP contribution in [-0.2, 0) is 9.84 Å². The Labute approximate surface area is 144 Å². The number of hydrogen-bond donors (Lipinski definition) is 1. The van der Waals surface area contributed by atoms with E-state index in [-0.39, 0.29) is 10.6 Å². The summed E-state index contributed by atoms with van der Waals surface area (Å²) < 4.78 is 25.2. The number of rotatable bonds is 2. The SMILES string of the molecule is CC(C)(C)S(=O)(=O)C1=CC=CC(c2nc(=O)c3ccccc3s2)N1. The van der Waals surface area contributed by atoms with E-state index in [4.69, 9.17) is 0 Å². The minimum atomic E-state index is -3.50. The molecule has 0 saturated heterocycles. The Balaban J connectivity index is 2.00. The van der Waals surface area contributed by atoms with Gasteiger partial charge < -0.3 is 5.32 Å². The number of benzene rings is 1. The summed E-state index contributed by atoms with van der Waals surface area (Å²) in [7, 11) is -3.50. The van der Waals surface area contributed by atoms with E-state index in [0.29, 0.717) is 10.4 Å². The van der Waals surface area contributed by atoms with Gasteiger partial charge in [-0.2, -0.15) is 0 Å². The van der Waals surface area contributed by atoms with Crippen molar-refractivity contribution in [1.29, 1.82) is 0 Å². The van der Waals surface area contributed by atoms with E-state index >= 15 is 0 Å². The highest BCUT2D eigenvalue weighted by Gasteiger charge is 2.34. The van der Waals surface area contributed by atoms with E-state index in [9.17, 15) is 13.2 Å². The molecule has 24 heavy (non-hydrogen) atoms. The van der Waals surface area contributed by atoms with Crippen LogP contribution in [-0.4, -0.2) is 18.1 Å². The predicted octanol–water partition coefficient (Wildman–Crippen LogP) is 2.91. The Kier molecular flexibility index (Phi) is 4.09. The molecule has 0 saturated carbocycles. The van der Waals surface area contributed by atoms with Gasteiger partial charge in [-0.25, -0.2) is 13.4 Å². The lowest BCUT2D eigenvalue weighted by Gasteiger charge is -2.26. The van der Waals surface area contributed by atoms with Crippen molar-refractivity contribution in [3.05, 3.63) is 62.9 Å². The van der Waals surface area contributed by atoms with Crippen molar-refractivity contribution in [3.8, 4) is 0 Å². The average Bonchev–Trinajstić information content (AvgIpc) is 2.54. The topological polar surface area (TPSA) is 76.1 Å². The van der Waals surface area contributed by atoms with Crippen LogP contribution in [0.1, 0.15) is 31.8 Å². The van der Waals surface area contributed by atoms with Crippen LogP contribution in [0.3, 0.4) is 0 Å². The Morgan fingerprint density at radius 1 is 1.21 bits per heavy atom. The first kappa shape index (κ1) is 16.9. The van der Waals surface area contributed by atoms with Crippen LogP contribution in [0.4, 0.5) is 0 Å². The number of hydrogen-bond acceptors (Lipinski definition) is 6. The van der Waals surface area contributed by atoms with Gasteiger partial charge in [0.25, 0.3) is 5.56 Å². The number of dihydropyridines is 1. The lowest BCUT2D eigenvalue weighted by molar-refractivity contribution is 0.558. The summed E-state index contributed by atoms with van der Waals surface area (Å²) in [6.07, 6.45) is 5.03. The fourth-order valence-electron chi connectivity index (χ4n) is 2.31. The highest BCUT2D eigenvalue weighted by molar-refractivity contribution is 7.96. The Morgan fingerprint density at radius 3 is 2.62 bits per heavy atom. The highest BCUT2D eigenvalue weighted by Crippen LogP contribution is 2.29. The summed E-state index contributed by atoms with van der Waals surface area (Å²) in [4.78, 5) is 16.3. The van der Waals surface area contributed by atoms with Gasteiger partial charge in [-0.05, 0) is 39.0 Å². The number of fused-ring (bicyclic) bond motifs is 1. The predicted molar refractivity (Wildman–Crippen MR) is 97.7 cm³/mol. The first-order chi connectivity index (χ1) is 11.2. The molecule has 0 bridgehead atoms. The molecule has 0 aliphatic carbocycles. The summed E-state index contributed by atoms with van der Waals surface area (Å²) in [6.45, 7) is 4.97. The van der Waals surface area contributed by atoms with Crippen molar-refractivity contribution in [2.45, 2.75) is 31.6 Å². The van der Waals surface area contributed by atoms with E-state index < -0.39 is 20.6 Å². The van der Waals surface area contributed by atoms with Crippen LogP contribution in [0.25, 0.3) is 10.1 Å². The molecule has 0 fully saturated rings. The summed E-state index contributed by atoms with van der Waals surface area (Å²) in [6, 6.07) is 6.82. The Morgan fingerprint density at radius 2 is 1.92 bits per heavy atom. The number of nitrogens with one attached hydrogen (secondary N) is 1. The van der Waals surface area contributed by atoms with E-state index in [2.05, 4.69) is 10.3 Å². The molecule has 1 aliphatic rings. The third kappa shape index (κ3) is 2.89. The third-order valence-electron chi connectivity index (χ3n) is 3.75. The highest BCUT2D eigenvalue weighted by atomic mass is 32.2. The number of sulfone groups is 1. The molecule has 1 unspecified atom stereocenters. The molecule has 126 valence electrons. The Bertz CT molecular complexity index is 1010. The van der Waals surface area contributed by atoms with Gasteiger partial charge in [0.15, 0.2) is 9.84 Å². The van der Waals surface area contributed by atoms with E-state index in [1.165, 1.54) is 11.3 Å². The molecule has 1 aliphatic heterocycles. The zero-order valence-corrected chi connectivity index (χ0v) is 15.2. The van der Waals surface area contributed by atoms with Gasteiger partial charge in [-0.1, -0.05) is 24.3 Å². The molecule has 2 heterocycles.